The van der Waals surface area contributed by atoms with E-state index in [2.05, 4.69) is 15.2 Å². The molecular formula is C22H15ClN4O5S. The van der Waals surface area contributed by atoms with E-state index >= 15 is 0 Å². The highest BCUT2D eigenvalue weighted by Crippen LogP contribution is 2.33. The normalized spacial score (nSPS) is 11.5. The van der Waals surface area contributed by atoms with Gasteiger partial charge in [0.25, 0.3) is 5.69 Å². The first-order valence-corrected chi connectivity index (χ1v) is 10.7. The molecule has 4 rings (SSSR count). The minimum absolute atomic E-state index is 0.0242. The molecule has 0 aliphatic carbocycles. The second-order valence-corrected chi connectivity index (χ2v) is 8.24. The van der Waals surface area contributed by atoms with E-state index in [0.29, 0.717) is 27.7 Å². The number of nitro groups is 1. The zero-order valence-corrected chi connectivity index (χ0v) is 18.6. The van der Waals surface area contributed by atoms with Crippen molar-refractivity contribution < 1.29 is 19.2 Å². The SMILES string of the molecule is Cc1c(-c2ccc(/C=C(\Sc3n[nH]c(-c4ccc(Cl)cc4)n3)C(=O)O)o2)cccc1[N+](=O)[O-]. The summed E-state index contributed by atoms with van der Waals surface area (Å²) in [6.45, 7) is 1.63. The molecule has 11 heteroatoms. The standard InChI is InChI=1S/C22H15ClN4O5S/c1-12-16(3-2-4-17(12)27(30)31)18-10-9-15(32-18)11-19(21(28)29)33-22-24-20(25-26-22)13-5-7-14(23)8-6-13/h2-11H,1H3,(H,28,29)(H,24,25,26)/b19-11-. The highest BCUT2D eigenvalue weighted by molar-refractivity contribution is 8.04. The van der Waals surface area contributed by atoms with E-state index in [1.165, 1.54) is 12.1 Å². The maximum Gasteiger partial charge on any atom is 0.342 e. The third kappa shape index (κ3) is 4.97. The smallest absolute Gasteiger partial charge is 0.342 e. The topological polar surface area (TPSA) is 135 Å². The Morgan fingerprint density at radius 3 is 2.67 bits per heavy atom. The van der Waals surface area contributed by atoms with Crippen LogP contribution in [0, 0.1) is 17.0 Å². The van der Waals surface area contributed by atoms with E-state index < -0.39 is 10.9 Å². The lowest BCUT2D eigenvalue weighted by atomic mass is 10.1. The number of aromatic amines is 1. The van der Waals surface area contributed by atoms with Crippen LogP contribution in [0.1, 0.15) is 11.3 Å². The Hall–Kier alpha value is -3.89. The fraction of sp³-hybridized carbons (Fsp3) is 0.0455. The maximum atomic E-state index is 11.8. The van der Waals surface area contributed by atoms with Crippen molar-refractivity contribution in [2.75, 3.05) is 0 Å². The number of carbonyl (C=O) groups is 1. The predicted molar refractivity (Wildman–Crippen MR) is 124 cm³/mol. The van der Waals surface area contributed by atoms with Crippen LogP contribution in [-0.2, 0) is 4.79 Å². The number of carboxylic acid groups (broad SMARTS) is 1. The molecule has 2 heterocycles. The number of nitro benzene ring substituents is 1. The largest absolute Gasteiger partial charge is 0.477 e. The van der Waals surface area contributed by atoms with Crippen LogP contribution in [-0.4, -0.2) is 31.2 Å². The molecule has 33 heavy (non-hydrogen) atoms. The van der Waals surface area contributed by atoms with Gasteiger partial charge in [0, 0.05) is 33.9 Å². The van der Waals surface area contributed by atoms with Crippen LogP contribution < -0.4 is 0 Å². The summed E-state index contributed by atoms with van der Waals surface area (Å²) >= 11 is 6.75. The number of benzene rings is 2. The molecule has 0 fully saturated rings. The number of carboxylic acids is 1. The first kappa shape index (κ1) is 22.3. The molecule has 0 saturated heterocycles. The quantitative estimate of drug-likeness (QED) is 0.145. The Morgan fingerprint density at radius 1 is 1.21 bits per heavy atom. The van der Waals surface area contributed by atoms with Crippen molar-refractivity contribution in [3.63, 3.8) is 0 Å². The van der Waals surface area contributed by atoms with Gasteiger partial charge in [0.05, 0.1) is 4.92 Å². The van der Waals surface area contributed by atoms with Gasteiger partial charge in [0.1, 0.15) is 16.4 Å². The summed E-state index contributed by atoms with van der Waals surface area (Å²) in [5.74, 6) is -0.0444. The lowest BCUT2D eigenvalue weighted by Gasteiger charge is -2.03. The third-order valence-corrected chi connectivity index (χ3v) is 5.79. The fourth-order valence-corrected chi connectivity index (χ4v) is 3.87. The number of aliphatic carboxylic acids is 1. The molecule has 0 unspecified atom stereocenters. The summed E-state index contributed by atoms with van der Waals surface area (Å²) in [7, 11) is 0. The molecule has 0 amide bonds. The Balaban J connectivity index is 1.58. The zero-order valence-electron chi connectivity index (χ0n) is 17.0. The number of furan rings is 1. The molecule has 0 aliphatic heterocycles. The average Bonchev–Trinajstić information content (AvgIpc) is 3.43. The maximum absolute atomic E-state index is 11.8. The van der Waals surface area contributed by atoms with Gasteiger partial charge in [-0.1, -0.05) is 23.7 Å². The van der Waals surface area contributed by atoms with Crippen molar-refractivity contribution in [3.8, 4) is 22.7 Å². The van der Waals surface area contributed by atoms with Gasteiger partial charge in [0.15, 0.2) is 5.82 Å². The Labute approximate surface area is 196 Å². The second-order valence-electron chi connectivity index (χ2n) is 6.80. The Kier molecular flexibility index (Phi) is 6.29. The Bertz CT molecular complexity index is 1380. The summed E-state index contributed by atoms with van der Waals surface area (Å²) in [5.41, 5.74) is 1.73. The molecular weight excluding hydrogens is 468 g/mol. The molecule has 0 bridgehead atoms. The van der Waals surface area contributed by atoms with Gasteiger partial charge in [-0.2, -0.15) is 0 Å². The lowest BCUT2D eigenvalue weighted by molar-refractivity contribution is -0.385. The highest BCUT2D eigenvalue weighted by Gasteiger charge is 2.18. The van der Waals surface area contributed by atoms with Crippen molar-refractivity contribution in [1.29, 1.82) is 0 Å². The van der Waals surface area contributed by atoms with Crippen LogP contribution in [0.25, 0.3) is 28.8 Å². The summed E-state index contributed by atoms with van der Waals surface area (Å²) in [5, 5.41) is 28.5. The molecule has 4 aromatic rings. The average molecular weight is 483 g/mol. The van der Waals surface area contributed by atoms with E-state index in [-0.39, 0.29) is 21.5 Å². The highest BCUT2D eigenvalue weighted by atomic mass is 35.5. The number of halogens is 1. The van der Waals surface area contributed by atoms with E-state index in [4.69, 9.17) is 16.0 Å². The first-order valence-electron chi connectivity index (χ1n) is 9.47. The van der Waals surface area contributed by atoms with Crippen molar-refractivity contribution >= 4 is 41.1 Å². The van der Waals surface area contributed by atoms with Crippen LogP contribution in [0.3, 0.4) is 0 Å². The molecule has 0 spiro atoms. The van der Waals surface area contributed by atoms with Crippen molar-refractivity contribution in [2.24, 2.45) is 0 Å². The number of H-pyrrole nitrogens is 1. The van der Waals surface area contributed by atoms with Gasteiger partial charge in [-0.05, 0) is 55.1 Å². The molecule has 0 aliphatic rings. The molecule has 0 atom stereocenters. The van der Waals surface area contributed by atoms with Crippen LogP contribution in [0.4, 0.5) is 5.69 Å². The van der Waals surface area contributed by atoms with Crippen LogP contribution in [0.15, 0.2) is 69.1 Å². The van der Waals surface area contributed by atoms with E-state index in [1.54, 1.807) is 55.5 Å². The molecule has 9 nitrogen and oxygen atoms in total. The van der Waals surface area contributed by atoms with Crippen LogP contribution >= 0.6 is 23.4 Å². The molecule has 2 N–H and O–H groups in total. The molecule has 2 aromatic heterocycles. The number of aromatic nitrogens is 3. The summed E-state index contributed by atoms with van der Waals surface area (Å²) in [4.78, 5) is 26.8. The monoisotopic (exact) mass is 482 g/mol. The van der Waals surface area contributed by atoms with Gasteiger partial charge in [-0.3, -0.25) is 15.2 Å². The van der Waals surface area contributed by atoms with E-state index in [0.717, 1.165) is 17.3 Å². The number of hydrogen-bond donors (Lipinski definition) is 2. The van der Waals surface area contributed by atoms with Gasteiger partial charge in [-0.25, -0.2) is 9.78 Å². The van der Waals surface area contributed by atoms with E-state index in [9.17, 15) is 20.0 Å². The fourth-order valence-electron chi connectivity index (χ4n) is 3.05. The minimum atomic E-state index is -1.18. The predicted octanol–water partition coefficient (Wildman–Crippen LogP) is 5.82. The summed E-state index contributed by atoms with van der Waals surface area (Å²) < 4.78 is 5.75. The lowest BCUT2D eigenvalue weighted by Crippen LogP contribution is -1.97. The minimum Gasteiger partial charge on any atom is -0.477 e. The van der Waals surface area contributed by atoms with Gasteiger partial charge >= 0.3 is 5.97 Å². The van der Waals surface area contributed by atoms with Gasteiger partial charge in [0.2, 0.25) is 5.16 Å². The number of thioether (sulfide) groups is 1. The first-order chi connectivity index (χ1) is 15.8. The van der Waals surface area contributed by atoms with E-state index in [1.807, 2.05) is 0 Å². The Morgan fingerprint density at radius 2 is 1.97 bits per heavy atom. The second kappa shape index (κ2) is 9.31. The van der Waals surface area contributed by atoms with Crippen molar-refractivity contribution in [1.82, 2.24) is 15.2 Å². The van der Waals surface area contributed by atoms with Gasteiger partial charge in [-0.15, -0.1) is 5.10 Å². The van der Waals surface area contributed by atoms with Gasteiger partial charge < -0.3 is 9.52 Å². The van der Waals surface area contributed by atoms with Crippen LogP contribution in [0.5, 0.6) is 0 Å². The van der Waals surface area contributed by atoms with Crippen LogP contribution in [0.2, 0.25) is 5.02 Å². The summed E-state index contributed by atoms with van der Waals surface area (Å²) in [6, 6.07) is 14.9. The number of hydrogen-bond acceptors (Lipinski definition) is 7. The van der Waals surface area contributed by atoms with Crippen molar-refractivity contribution in [2.45, 2.75) is 12.1 Å². The van der Waals surface area contributed by atoms with Crippen molar-refractivity contribution in [3.05, 3.63) is 86.0 Å². The third-order valence-electron chi connectivity index (χ3n) is 4.66. The molecule has 2 aromatic carbocycles. The number of nitrogens with zero attached hydrogens (tertiary/aromatic N) is 3. The molecule has 0 radical (unpaired) electrons. The molecule has 0 saturated carbocycles. The number of rotatable bonds is 7. The zero-order chi connectivity index (χ0) is 23.5. The summed E-state index contributed by atoms with van der Waals surface area (Å²) in [6.07, 6.45) is 1.35. The number of nitrogens with one attached hydrogen (secondary N) is 1. The molecule has 166 valence electrons.